The lowest BCUT2D eigenvalue weighted by Crippen LogP contribution is -2.50. The SMILES string of the molecule is CCCN(CC(=O)N(C)C)C(=O)N1CCCC(C)C1. The third-order valence-electron chi connectivity index (χ3n) is 3.52. The van der Waals surface area contributed by atoms with Gasteiger partial charge in [-0.05, 0) is 25.2 Å². The van der Waals surface area contributed by atoms with Crippen LogP contribution in [0.4, 0.5) is 4.79 Å². The molecule has 1 fully saturated rings. The van der Waals surface area contributed by atoms with Crippen LogP contribution in [-0.4, -0.2) is 66.9 Å². The molecule has 0 aromatic carbocycles. The summed E-state index contributed by atoms with van der Waals surface area (Å²) in [6, 6.07) is 0.0172. The molecule has 1 saturated heterocycles. The Morgan fingerprint density at radius 3 is 2.53 bits per heavy atom. The number of nitrogens with zero attached hydrogens (tertiary/aromatic N) is 3. The maximum absolute atomic E-state index is 12.5. The maximum Gasteiger partial charge on any atom is 0.320 e. The minimum atomic E-state index is -0.0214. The van der Waals surface area contributed by atoms with Crippen molar-refractivity contribution in [1.29, 1.82) is 0 Å². The second-order valence-corrected chi connectivity index (χ2v) is 5.69. The van der Waals surface area contributed by atoms with Crippen molar-refractivity contribution >= 4 is 11.9 Å². The van der Waals surface area contributed by atoms with Gasteiger partial charge in [0.1, 0.15) is 6.54 Å². The van der Waals surface area contributed by atoms with Crippen molar-refractivity contribution < 1.29 is 9.59 Å². The lowest BCUT2D eigenvalue weighted by Gasteiger charge is -2.35. The van der Waals surface area contributed by atoms with Crippen LogP contribution in [-0.2, 0) is 4.79 Å². The van der Waals surface area contributed by atoms with Crippen molar-refractivity contribution in [2.75, 3.05) is 40.3 Å². The summed E-state index contributed by atoms with van der Waals surface area (Å²) in [6.45, 7) is 6.66. The Hall–Kier alpha value is -1.26. The molecule has 1 aliphatic rings. The molecule has 0 N–H and O–H groups in total. The van der Waals surface area contributed by atoms with Gasteiger partial charge in [-0.1, -0.05) is 13.8 Å². The lowest BCUT2D eigenvalue weighted by molar-refractivity contribution is -0.129. The molecular formula is C14H27N3O2. The predicted octanol–water partition coefficient (Wildman–Crippen LogP) is 1.64. The second-order valence-electron chi connectivity index (χ2n) is 5.69. The van der Waals surface area contributed by atoms with Crippen LogP contribution < -0.4 is 0 Å². The van der Waals surface area contributed by atoms with E-state index in [1.807, 2.05) is 11.8 Å². The van der Waals surface area contributed by atoms with Crippen LogP contribution in [0.5, 0.6) is 0 Å². The fraction of sp³-hybridized carbons (Fsp3) is 0.857. The van der Waals surface area contributed by atoms with E-state index in [9.17, 15) is 9.59 Å². The van der Waals surface area contributed by atoms with Gasteiger partial charge in [0.15, 0.2) is 0 Å². The van der Waals surface area contributed by atoms with Gasteiger partial charge in [0, 0.05) is 33.7 Å². The average molecular weight is 269 g/mol. The monoisotopic (exact) mass is 269 g/mol. The molecule has 1 heterocycles. The molecule has 0 radical (unpaired) electrons. The number of carbonyl (C=O) groups is 2. The van der Waals surface area contributed by atoms with Crippen LogP contribution in [0.1, 0.15) is 33.1 Å². The molecule has 0 aliphatic carbocycles. The number of likely N-dealkylation sites (tertiary alicyclic amines) is 1. The van der Waals surface area contributed by atoms with Gasteiger partial charge in [0.05, 0.1) is 0 Å². The molecule has 0 aromatic heterocycles. The van der Waals surface area contributed by atoms with E-state index >= 15 is 0 Å². The van der Waals surface area contributed by atoms with Crippen molar-refractivity contribution in [3.05, 3.63) is 0 Å². The summed E-state index contributed by atoms with van der Waals surface area (Å²) < 4.78 is 0. The third kappa shape index (κ3) is 4.73. The maximum atomic E-state index is 12.5. The first kappa shape index (κ1) is 15.8. The highest BCUT2D eigenvalue weighted by Gasteiger charge is 2.26. The molecule has 19 heavy (non-hydrogen) atoms. The highest BCUT2D eigenvalue weighted by molar-refractivity contribution is 5.83. The van der Waals surface area contributed by atoms with Crippen LogP contribution in [0.15, 0.2) is 0 Å². The average Bonchev–Trinajstić information content (AvgIpc) is 2.37. The molecule has 1 unspecified atom stereocenters. The van der Waals surface area contributed by atoms with E-state index in [1.54, 1.807) is 19.0 Å². The largest absolute Gasteiger partial charge is 0.347 e. The Labute approximate surface area is 116 Å². The summed E-state index contributed by atoms with van der Waals surface area (Å²) in [5.74, 6) is 0.539. The van der Waals surface area contributed by atoms with E-state index in [0.29, 0.717) is 12.5 Å². The smallest absolute Gasteiger partial charge is 0.320 e. The molecule has 5 heteroatoms. The van der Waals surface area contributed by atoms with E-state index in [4.69, 9.17) is 0 Å². The van der Waals surface area contributed by atoms with Crippen molar-refractivity contribution in [1.82, 2.24) is 14.7 Å². The Morgan fingerprint density at radius 2 is 2.00 bits per heavy atom. The van der Waals surface area contributed by atoms with E-state index in [-0.39, 0.29) is 18.5 Å². The first-order valence-electron chi connectivity index (χ1n) is 7.19. The first-order chi connectivity index (χ1) is 8.95. The minimum Gasteiger partial charge on any atom is -0.347 e. The Balaban J connectivity index is 2.63. The normalized spacial score (nSPS) is 19.2. The van der Waals surface area contributed by atoms with Crippen LogP contribution in [0, 0.1) is 5.92 Å². The summed E-state index contributed by atoms with van der Waals surface area (Å²) >= 11 is 0. The van der Waals surface area contributed by atoms with Gasteiger partial charge in [-0.3, -0.25) is 4.79 Å². The Morgan fingerprint density at radius 1 is 1.32 bits per heavy atom. The van der Waals surface area contributed by atoms with Gasteiger partial charge >= 0.3 is 6.03 Å². The van der Waals surface area contributed by atoms with Crippen molar-refractivity contribution in [2.24, 2.45) is 5.92 Å². The fourth-order valence-corrected chi connectivity index (χ4v) is 2.38. The van der Waals surface area contributed by atoms with E-state index in [2.05, 4.69) is 6.92 Å². The molecule has 110 valence electrons. The lowest BCUT2D eigenvalue weighted by atomic mass is 10.0. The molecule has 5 nitrogen and oxygen atoms in total. The number of piperidine rings is 1. The zero-order valence-corrected chi connectivity index (χ0v) is 12.7. The van der Waals surface area contributed by atoms with Gasteiger partial charge in [-0.25, -0.2) is 4.79 Å². The molecule has 0 spiro atoms. The zero-order chi connectivity index (χ0) is 14.4. The van der Waals surface area contributed by atoms with Crippen LogP contribution in [0.2, 0.25) is 0 Å². The van der Waals surface area contributed by atoms with Gasteiger partial charge in [-0.2, -0.15) is 0 Å². The van der Waals surface area contributed by atoms with Crippen LogP contribution in [0.25, 0.3) is 0 Å². The molecule has 0 bridgehead atoms. The zero-order valence-electron chi connectivity index (χ0n) is 12.7. The Kier molecular flexibility index (Phi) is 6.12. The highest BCUT2D eigenvalue weighted by atomic mass is 16.2. The number of hydrogen-bond acceptors (Lipinski definition) is 2. The van der Waals surface area contributed by atoms with Gasteiger partial charge in [0.25, 0.3) is 0 Å². The molecule has 0 aromatic rings. The van der Waals surface area contributed by atoms with Crippen molar-refractivity contribution in [3.8, 4) is 0 Å². The first-order valence-corrected chi connectivity index (χ1v) is 7.19. The molecule has 3 amide bonds. The Bertz CT molecular complexity index is 318. The number of rotatable bonds is 4. The highest BCUT2D eigenvalue weighted by Crippen LogP contribution is 2.17. The number of amides is 3. The van der Waals surface area contributed by atoms with E-state index in [1.165, 1.54) is 11.3 Å². The molecular weight excluding hydrogens is 242 g/mol. The second kappa shape index (κ2) is 7.36. The third-order valence-corrected chi connectivity index (χ3v) is 3.52. The quantitative estimate of drug-likeness (QED) is 0.778. The number of carbonyl (C=O) groups excluding carboxylic acids is 2. The van der Waals surface area contributed by atoms with Crippen LogP contribution in [0.3, 0.4) is 0 Å². The topological polar surface area (TPSA) is 43.9 Å². The summed E-state index contributed by atoms with van der Waals surface area (Å²) in [5, 5.41) is 0. The minimum absolute atomic E-state index is 0.0172. The van der Waals surface area contributed by atoms with E-state index < -0.39 is 0 Å². The van der Waals surface area contributed by atoms with Crippen LogP contribution >= 0.6 is 0 Å². The fourth-order valence-electron chi connectivity index (χ4n) is 2.38. The van der Waals surface area contributed by atoms with Gasteiger partial charge in [0.2, 0.25) is 5.91 Å². The number of likely N-dealkylation sites (N-methyl/N-ethyl adjacent to an activating group) is 1. The number of hydrogen-bond donors (Lipinski definition) is 0. The summed E-state index contributed by atoms with van der Waals surface area (Å²) in [4.78, 5) is 29.4. The standard InChI is InChI=1S/C14H27N3O2/c1-5-8-16(11-13(18)15(3)4)14(19)17-9-6-7-12(2)10-17/h12H,5-11H2,1-4H3. The molecule has 1 atom stereocenters. The predicted molar refractivity (Wildman–Crippen MR) is 75.9 cm³/mol. The summed E-state index contributed by atoms with van der Waals surface area (Å²) in [6.07, 6.45) is 3.12. The molecule has 0 saturated carbocycles. The van der Waals surface area contributed by atoms with Crippen molar-refractivity contribution in [2.45, 2.75) is 33.1 Å². The summed E-state index contributed by atoms with van der Waals surface area (Å²) in [5.41, 5.74) is 0. The summed E-state index contributed by atoms with van der Waals surface area (Å²) in [7, 11) is 3.44. The van der Waals surface area contributed by atoms with Crippen molar-refractivity contribution in [3.63, 3.8) is 0 Å². The van der Waals surface area contributed by atoms with Gasteiger partial charge in [-0.15, -0.1) is 0 Å². The van der Waals surface area contributed by atoms with Gasteiger partial charge < -0.3 is 14.7 Å². The molecule has 1 rings (SSSR count). The van der Waals surface area contributed by atoms with E-state index in [0.717, 1.165) is 25.9 Å². The number of urea groups is 1. The molecule has 1 aliphatic heterocycles.